The molecule has 0 aliphatic heterocycles. The Balaban J connectivity index is 1.32. The van der Waals surface area contributed by atoms with Gasteiger partial charge in [-0.05, 0) is 46.9 Å². The highest BCUT2D eigenvalue weighted by atomic mass is 16.5. The van der Waals surface area contributed by atoms with Crippen molar-refractivity contribution in [2.45, 2.75) is 26.1 Å². The molecular formula is C37H40N4O3. The fraction of sp³-hybridized carbons (Fsp3) is 0.243. The summed E-state index contributed by atoms with van der Waals surface area (Å²) in [6.07, 6.45) is 2.72. The first-order valence-electron chi connectivity index (χ1n) is 15.0. The number of aromatic nitrogens is 1. The lowest BCUT2D eigenvalue weighted by molar-refractivity contribution is -0.144. The van der Waals surface area contributed by atoms with Crippen molar-refractivity contribution < 1.29 is 14.3 Å². The summed E-state index contributed by atoms with van der Waals surface area (Å²) >= 11 is 0. The van der Waals surface area contributed by atoms with Gasteiger partial charge >= 0.3 is 0 Å². The third-order valence-corrected chi connectivity index (χ3v) is 7.74. The van der Waals surface area contributed by atoms with E-state index in [-0.39, 0.29) is 25.0 Å². The standard InChI is InChI=1S/C37H40N4O3/c1-39(2)33-19-17-30(18-20-33)24-40(22-21-32-23-38-35-16-10-9-15-34(32)35)36(42)26-41(25-29-11-5-3-6-12-29)37(43)28-44-27-31-13-7-4-8-14-31/h3-20,23,38H,21-22,24-28H2,1-2H3. The van der Waals surface area contributed by atoms with E-state index in [1.54, 1.807) is 4.90 Å². The molecule has 44 heavy (non-hydrogen) atoms. The molecule has 0 bridgehead atoms. The van der Waals surface area contributed by atoms with Crippen LogP contribution in [0.15, 0.2) is 115 Å². The number of aromatic amines is 1. The summed E-state index contributed by atoms with van der Waals surface area (Å²) in [5.41, 5.74) is 6.33. The van der Waals surface area contributed by atoms with Crippen molar-refractivity contribution >= 4 is 28.4 Å². The number of hydrogen-bond donors (Lipinski definition) is 1. The highest BCUT2D eigenvalue weighted by Crippen LogP contribution is 2.20. The summed E-state index contributed by atoms with van der Waals surface area (Å²) in [6.45, 7) is 1.50. The van der Waals surface area contributed by atoms with Gasteiger partial charge in [0.05, 0.1) is 6.61 Å². The lowest BCUT2D eigenvalue weighted by Gasteiger charge is -2.28. The zero-order chi connectivity index (χ0) is 30.7. The number of nitrogens with zero attached hydrogens (tertiary/aromatic N) is 3. The highest BCUT2D eigenvalue weighted by Gasteiger charge is 2.23. The van der Waals surface area contributed by atoms with E-state index in [2.05, 4.69) is 46.3 Å². The van der Waals surface area contributed by atoms with Crippen LogP contribution in [0.3, 0.4) is 0 Å². The lowest BCUT2D eigenvalue weighted by Crippen LogP contribution is -2.44. The van der Waals surface area contributed by atoms with Crippen LogP contribution >= 0.6 is 0 Å². The first-order valence-corrected chi connectivity index (χ1v) is 15.0. The molecule has 0 saturated carbocycles. The van der Waals surface area contributed by atoms with E-state index in [4.69, 9.17) is 4.74 Å². The zero-order valence-electron chi connectivity index (χ0n) is 25.5. The Kier molecular flexibility index (Phi) is 10.4. The molecule has 1 N–H and O–H groups in total. The van der Waals surface area contributed by atoms with Gasteiger partial charge in [-0.15, -0.1) is 0 Å². The second-order valence-electron chi connectivity index (χ2n) is 11.2. The Morgan fingerprint density at radius 3 is 2.00 bits per heavy atom. The Bertz CT molecular complexity index is 1630. The smallest absolute Gasteiger partial charge is 0.249 e. The zero-order valence-corrected chi connectivity index (χ0v) is 25.5. The van der Waals surface area contributed by atoms with Crippen molar-refractivity contribution in [1.29, 1.82) is 0 Å². The molecule has 4 aromatic carbocycles. The van der Waals surface area contributed by atoms with Gasteiger partial charge in [-0.3, -0.25) is 9.59 Å². The Morgan fingerprint density at radius 2 is 1.30 bits per heavy atom. The molecule has 1 aromatic heterocycles. The molecule has 7 heteroatoms. The minimum absolute atomic E-state index is 0.0356. The lowest BCUT2D eigenvalue weighted by atomic mass is 10.1. The summed E-state index contributed by atoms with van der Waals surface area (Å²) in [5, 5.41) is 1.16. The summed E-state index contributed by atoms with van der Waals surface area (Å²) in [6, 6.07) is 36.0. The fourth-order valence-corrected chi connectivity index (χ4v) is 5.23. The fourth-order valence-electron chi connectivity index (χ4n) is 5.23. The van der Waals surface area contributed by atoms with E-state index in [9.17, 15) is 9.59 Å². The molecule has 0 saturated heterocycles. The van der Waals surface area contributed by atoms with Crippen LogP contribution < -0.4 is 4.90 Å². The predicted molar refractivity (Wildman–Crippen MR) is 176 cm³/mol. The first-order chi connectivity index (χ1) is 21.5. The molecule has 1 heterocycles. The number of rotatable bonds is 14. The van der Waals surface area contributed by atoms with E-state index in [0.29, 0.717) is 32.7 Å². The normalized spacial score (nSPS) is 11.0. The summed E-state index contributed by atoms with van der Waals surface area (Å²) < 4.78 is 5.78. The van der Waals surface area contributed by atoms with Gasteiger partial charge in [-0.25, -0.2) is 0 Å². The number of anilines is 1. The third kappa shape index (κ3) is 8.36. The SMILES string of the molecule is CN(C)c1ccc(CN(CCc2c[nH]c3ccccc23)C(=O)CN(Cc2ccccc2)C(=O)COCc2ccccc2)cc1. The molecule has 0 aliphatic carbocycles. The Hall–Kier alpha value is -4.88. The topological polar surface area (TPSA) is 68.9 Å². The molecule has 5 aromatic rings. The van der Waals surface area contributed by atoms with Crippen LogP contribution in [0, 0.1) is 0 Å². The summed E-state index contributed by atoms with van der Waals surface area (Å²) in [5.74, 6) is -0.320. The number of nitrogens with one attached hydrogen (secondary N) is 1. The molecule has 0 unspecified atom stereocenters. The Morgan fingerprint density at radius 1 is 0.682 bits per heavy atom. The summed E-state index contributed by atoms with van der Waals surface area (Å²) in [7, 11) is 4.02. The van der Waals surface area contributed by atoms with Gasteiger partial charge in [0.25, 0.3) is 0 Å². The molecule has 226 valence electrons. The number of H-pyrrole nitrogens is 1. The number of hydrogen-bond acceptors (Lipinski definition) is 4. The van der Waals surface area contributed by atoms with Gasteiger partial charge < -0.3 is 24.4 Å². The maximum Gasteiger partial charge on any atom is 0.249 e. The minimum Gasteiger partial charge on any atom is -0.378 e. The minimum atomic E-state index is -0.218. The highest BCUT2D eigenvalue weighted by molar-refractivity contribution is 5.86. The largest absolute Gasteiger partial charge is 0.378 e. The number of benzene rings is 4. The van der Waals surface area contributed by atoms with Crippen LogP contribution in [0.5, 0.6) is 0 Å². The second-order valence-corrected chi connectivity index (χ2v) is 11.2. The molecule has 0 aliphatic rings. The number of fused-ring (bicyclic) bond motifs is 1. The van der Waals surface area contributed by atoms with Crippen LogP contribution in [0.2, 0.25) is 0 Å². The number of carbonyl (C=O) groups excluding carboxylic acids is 2. The van der Waals surface area contributed by atoms with Crippen LogP contribution in [0.1, 0.15) is 22.3 Å². The van der Waals surface area contributed by atoms with E-state index >= 15 is 0 Å². The van der Waals surface area contributed by atoms with E-state index < -0.39 is 0 Å². The summed E-state index contributed by atoms with van der Waals surface area (Å²) in [4.78, 5) is 36.4. The van der Waals surface area contributed by atoms with Gasteiger partial charge in [-0.1, -0.05) is 91.0 Å². The number of ether oxygens (including phenoxy) is 1. The monoisotopic (exact) mass is 588 g/mol. The molecule has 2 amide bonds. The van der Waals surface area contributed by atoms with Crippen molar-refractivity contribution in [2.24, 2.45) is 0 Å². The molecule has 0 radical (unpaired) electrons. The molecule has 5 rings (SSSR count). The second kappa shape index (κ2) is 15.0. The quantitative estimate of drug-likeness (QED) is 0.172. The van der Waals surface area contributed by atoms with Crippen molar-refractivity contribution in [3.63, 3.8) is 0 Å². The van der Waals surface area contributed by atoms with Crippen LogP contribution in [-0.4, -0.2) is 60.4 Å². The molecular weight excluding hydrogens is 548 g/mol. The van der Waals surface area contributed by atoms with E-state index in [0.717, 1.165) is 38.8 Å². The van der Waals surface area contributed by atoms with Gasteiger partial charge in [-0.2, -0.15) is 0 Å². The van der Waals surface area contributed by atoms with Crippen molar-refractivity contribution in [1.82, 2.24) is 14.8 Å². The molecule has 7 nitrogen and oxygen atoms in total. The van der Waals surface area contributed by atoms with Gasteiger partial charge in [0.2, 0.25) is 11.8 Å². The maximum absolute atomic E-state index is 14.0. The van der Waals surface area contributed by atoms with Crippen molar-refractivity contribution in [3.8, 4) is 0 Å². The molecule has 0 fully saturated rings. The van der Waals surface area contributed by atoms with Gasteiger partial charge in [0.1, 0.15) is 13.2 Å². The Labute approximate surface area is 259 Å². The van der Waals surface area contributed by atoms with E-state index in [1.165, 1.54) is 0 Å². The number of carbonyl (C=O) groups is 2. The van der Waals surface area contributed by atoms with Crippen molar-refractivity contribution in [3.05, 3.63) is 138 Å². The van der Waals surface area contributed by atoms with E-state index in [1.807, 2.05) is 98.0 Å². The average Bonchev–Trinajstić information content (AvgIpc) is 3.47. The van der Waals surface area contributed by atoms with Crippen molar-refractivity contribution in [2.75, 3.05) is 38.7 Å². The van der Waals surface area contributed by atoms with Crippen LogP contribution in [-0.2, 0) is 40.4 Å². The van der Waals surface area contributed by atoms with Crippen LogP contribution in [0.25, 0.3) is 10.9 Å². The molecule has 0 spiro atoms. The number of para-hydroxylation sites is 1. The number of amides is 2. The average molecular weight is 589 g/mol. The maximum atomic E-state index is 14.0. The molecule has 0 atom stereocenters. The first kappa shape index (κ1) is 30.6. The third-order valence-electron chi connectivity index (χ3n) is 7.74. The van der Waals surface area contributed by atoms with Gasteiger partial charge in [0.15, 0.2) is 0 Å². The predicted octanol–water partition coefficient (Wildman–Crippen LogP) is 6.05. The van der Waals surface area contributed by atoms with Crippen LogP contribution in [0.4, 0.5) is 5.69 Å². The van der Waals surface area contributed by atoms with Gasteiger partial charge in [0, 0.05) is 56.5 Å².